The van der Waals surface area contributed by atoms with Crippen molar-refractivity contribution in [3.63, 3.8) is 0 Å². The van der Waals surface area contributed by atoms with Crippen LogP contribution < -0.4 is 0 Å². The highest BCUT2D eigenvalue weighted by Crippen LogP contribution is 2.23. The first kappa shape index (κ1) is 10.3. The van der Waals surface area contributed by atoms with Crippen molar-refractivity contribution in [3.8, 4) is 0 Å². The smallest absolute Gasteiger partial charge is 0.337 e. The number of hydrogen-bond donors (Lipinski definition) is 2. The zero-order valence-electron chi connectivity index (χ0n) is 6.37. The second-order valence-corrected chi connectivity index (χ2v) is 3.32. The summed E-state index contributed by atoms with van der Waals surface area (Å²) in [4.78, 5) is 10.4. The summed E-state index contributed by atoms with van der Waals surface area (Å²) in [6.45, 7) is 0. The third-order valence-electron chi connectivity index (χ3n) is 1.43. The molecule has 0 fully saturated rings. The van der Waals surface area contributed by atoms with E-state index >= 15 is 0 Å². The van der Waals surface area contributed by atoms with Crippen molar-refractivity contribution in [1.82, 2.24) is 0 Å². The molecule has 1 aromatic rings. The van der Waals surface area contributed by atoms with Crippen LogP contribution in [0.1, 0.15) is 11.7 Å². The Balaban J connectivity index is 3.07. The van der Waals surface area contributed by atoms with Crippen LogP contribution in [0.2, 0.25) is 10.0 Å². The molecule has 0 aliphatic heterocycles. The molecule has 0 aliphatic rings. The lowest BCUT2D eigenvalue weighted by atomic mass is 10.1. The molecule has 0 aliphatic carbocycles. The molecule has 0 saturated carbocycles. The molecular weight excluding hydrogens is 215 g/mol. The van der Waals surface area contributed by atoms with Crippen LogP contribution in [0.5, 0.6) is 0 Å². The highest BCUT2D eigenvalue weighted by Gasteiger charge is 2.16. The van der Waals surface area contributed by atoms with Crippen molar-refractivity contribution in [3.05, 3.63) is 33.8 Å². The first-order chi connectivity index (χ1) is 6.00. The van der Waals surface area contributed by atoms with Crippen molar-refractivity contribution in [1.29, 1.82) is 0 Å². The van der Waals surface area contributed by atoms with Crippen LogP contribution >= 0.6 is 23.2 Å². The fourth-order valence-electron chi connectivity index (χ4n) is 0.876. The molecule has 0 aromatic heterocycles. The number of carboxylic acids is 1. The average Bonchev–Trinajstić information content (AvgIpc) is 2.01. The van der Waals surface area contributed by atoms with Gasteiger partial charge >= 0.3 is 5.97 Å². The van der Waals surface area contributed by atoms with Crippen LogP contribution in [0.3, 0.4) is 0 Å². The average molecular weight is 221 g/mol. The molecule has 0 unspecified atom stereocenters. The van der Waals surface area contributed by atoms with Crippen molar-refractivity contribution in [2.75, 3.05) is 0 Å². The summed E-state index contributed by atoms with van der Waals surface area (Å²) in [6, 6.07) is 4.17. The molecule has 2 N–H and O–H groups in total. The maximum absolute atomic E-state index is 10.4. The Morgan fingerprint density at radius 2 is 1.69 bits per heavy atom. The summed E-state index contributed by atoms with van der Waals surface area (Å²) in [7, 11) is 0. The van der Waals surface area contributed by atoms with Gasteiger partial charge < -0.3 is 10.2 Å². The fourth-order valence-corrected chi connectivity index (χ4v) is 1.42. The normalized spacial score (nSPS) is 12.5. The van der Waals surface area contributed by atoms with Gasteiger partial charge in [0.15, 0.2) is 6.10 Å². The molecule has 0 bridgehead atoms. The predicted octanol–water partition coefficient (Wildman–Crippen LogP) is 2.11. The lowest BCUT2D eigenvalue weighted by molar-refractivity contribution is -0.146. The second-order valence-electron chi connectivity index (χ2n) is 2.44. The monoisotopic (exact) mass is 220 g/mol. The number of aliphatic hydroxyl groups is 1. The van der Waals surface area contributed by atoms with Gasteiger partial charge in [0, 0.05) is 10.0 Å². The molecule has 1 aromatic carbocycles. The Hall–Kier alpha value is -0.770. The lowest BCUT2D eigenvalue weighted by Gasteiger charge is -2.06. The molecule has 3 nitrogen and oxygen atoms in total. The Morgan fingerprint density at radius 1 is 1.23 bits per heavy atom. The summed E-state index contributed by atoms with van der Waals surface area (Å²) >= 11 is 11.2. The first-order valence-electron chi connectivity index (χ1n) is 3.37. The van der Waals surface area contributed by atoms with Gasteiger partial charge in [0.05, 0.1) is 0 Å². The minimum atomic E-state index is -1.59. The van der Waals surface area contributed by atoms with Crippen molar-refractivity contribution >= 4 is 29.2 Å². The van der Waals surface area contributed by atoms with Gasteiger partial charge in [-0.25, -0.2) is 4.79 Å². The van der Waals surface area contributed by atoms with Gasteiger partial charge in [-0.3, -0.25) is 0 Å². The maximum atomic E-state index is 10.4. The van der Waals surface area contributed by atoms with Gasteiger partial charge in [0.1, 0.15) is 0 Å². The van der Waals surface area contributed by atoms with Crippen molar-refractivity contribution in [2.45, 2.75) is 6.10 Å². The van der Waals surface area contributed by atoms with Crippen molar-refractivity contribution < 1.29 is 15.0 Å². The van der Waals surface area contributed by atoms with Crippen LogP contribution in [0.25, 0.3) is 0 Å². The van der Waals surface area contributed by atoms with Gasteiger partial charge in [-0.05, 0) is 23.8 Å². The Kier molecular flexibility index (Phi) is 3.14. The minimum Gasteiger partial charge on any atom is -0.479 e. The van der Waals surface area contributed by atoms with Crippen molar-refractivity contribution in [2.24, 2.45) is 0 Å². The SMILES string of the molecule is O=C(O)[C@H](O)c1cc(Cl)cc(Cl)c1. The summed E-state index contributed by atoms with van der Waals surface area (Å²) in [5.41, 5.74) is 0.171. The molecule has 0 spiro atoms. The molecule has 0 saturated heterocycles. The van der Waals surface area contributed by atoms with Gasteiger partial charge in [-0.1, -0.05) is 23.2 Å². The number of hydrogen-bond acceptors (Lipinski definition) is 2. The molecule has 0 radical (unpaired) electrons. The second kappa shape index (κ2) is 3.96. The Labute approximate surface area is 84.5 Å². The van der Waals surface area contributed by atoms with Crippen LogP contribution in [0.15, 0.2) is 18.2 Å². The summed E-state index contributed by atoms with van der Waals surface area (Å²) in [6.07, 6.45) is -1.59. The van der Waals surface area contributed by atoms with Crippen LogP contribution in [0, 0.1) is 0 Å². The highest BCUT2D eigenvalue weighted by atomic mass is 35.5. The zero-order valence-corrected chi connectivity index (χ0v) is 7.88. The zero-order chi connectivity index (χ0) is 10.0. The molecule has 13 heavy (non-hydrogen) atoms. The third-order valence-corrected chi connectivity index (χ3v) is 1.87. The number of carbonyl (C=O) groups is 1. The van der Waals surface area contributed by atoms with E-state index in [2.05, 4.69) is 0 Å². The lowest BCUT2D eigenvalue weighted by Crippen LogP contribution is -2.10. The van der Waals surface area contributed by atoms with Gasteiger partial charge in [0.2, 0.25) is 0 Å². The number of benzene rings is 1. The van der Waals surface area contributed by atoms with E-state index in [1.165, 1.54) is 18.2 Å². The van der Waals surface area contributed by atoms with Gasteiger partial charge in [-0.2, -0.15) is 0 Å². The summed E-state index contributed by atoms with van der Waals surface area (Å²) in [5.74, 6) is -1.33. The van der Waals surface area contributed by atoms with Gasteiger partial charge in [0.25, 0.3) is 0 Å². The topological polar surface area (TPSA) is 57.5 Å². The van der Waals surface area contributed by atoms with E-state index in [1.807, 2.05) is 0 Å². The van der Waals surface area contributed by atoms with E-state index in [9.17, 15) is 4.79 Å². The molecule has 5 heteroatoms. The maximum Gasteiger partial charge on any atom is 0.337 e. The number of aliphatic carboxylic acids is 1. The third kappa shape index (κ3) is 2.59. The van der Waals surface area contributed by atoms with E-state index < -0.39 is 12.1 Å². The van der Waals surface area contributed by atoms with Gasteiger partial charge in [-0.15, -0.1) is 0 Å². The summed E-state index contributed by atoms with van der Waals surface area (Å²) in [5, 5.41) is 18.2. The van der Waals surface area contributed by atoms with E-state index in [0.717, 1.165) is 0 Å². The molecular formula is C8H6Cl2O3. The molecule has 0 heterocycles. The number of carboxylic acid groups (broad SMARTS) is 1. The largest absolute Gasteiger partial charge is 0.479 e. The fraction of sp³-hybridized carbons (Fsp3) is 0.125. The summed E-state index contributed by atoms with van der Waals surface area (Å²) < 4.78 is 0. The van der Waals surface area contributed by atoms with E-state index in [-0.39, 0.29) is 5.56 Å². The minimum absolute atomic E-state index is 0.171. The highest BCUT2D eigenvalue weighted by molar-refractivity contribution is 6.34. The first-order valence-corrected chi connectivity index (χ1v) is 4.13. The molecule has 70 valence electrons. The molecule has 1 rings (SSSR count). The molecule has 1 atom stereocenters. The van der Waals surface area contributed by atoms with E-state index in [0.29, 0.717) is 10.0 Å². The number of halogens is 2. The van der Waals surface area contributed by atoms with Crippen LogP contribution in [-0.4, -0.2) is 16.2 Å². The van der Waals surface area contributed by atoms with E-state index in [4.69, 9.17) is 33.4 Å². The number of aliphatic hydroxyl groups excluding tert-OH is 1. The van der Waals surface area contributed by atoms with Crippen LogP contribution in [-0.2, 0) is 4.79 Å². The number of rotatable bonds is 2. The molecule has 0 amide bonds. The Morgan fingerprint density at radius 3 is 2.08 bits per heavy atom. The van der Waals surface area contributed by atoms with Crippen LogP contribution in [0.4, 0.5) is 0 Å². The van der Waals surface area contributed by atoms with E-state index in [1.54, 1.807) is 0 Å². The standard InChI is InChI=1S/C8H6Cl2O3/c9-5-1-4(2-6(10)3-5)7(11)8(12)13/h1-3,7,11H,(H,12,13)/t7-/m1/s1. The quantitative estimate of drug-likeness (QED) is 0.803. The Bertz CT molecular complexity index is 318. The predicted molar refractivity (Wildman–Crippen MR) is 49.1 cm³/mol.